The van der Waals surface area contributed by atoms with E-state index in [1.807, 2.05) is 28.0 Å². The Labute approximate surface area is 181 Å². The highest BCUT2D eigenvalue weighted by atomic mass is 19.1. The van der Waals surface area contributed by atoms with Crippen molar-refractivity contribution in [2.45, 2.75) is 62.8 Å². The molecule has 3 saturated heterocycles. The van der Waals surface area contributed by atoms with Crippen molar-refractivity contribution in [3.8, 4) is 11.1 Å². The number of halogens is 1. The molecular formula is C24H28FN3O3. The summed E-state index contributed by atoms with van der Waals surface area (Å²) in [6, 6.07) is 9.15. The molecule has 1 aromatic heterocycles. The van der Waals surface area contributed by atoms with Gasteiger partial charge < -0.3 is 19.6 Å². The summed E-state index contributed by atoms with van der Waals surface area (Å²) in [7, 11) is 0. The molecule has 3 unspecified atom stereocenters. The molecule has 3 aliphatic rings. The van der Waals surface area contributed by atoms with Crippen LogP contribution in [-0.2, 0) is 4.74 Å². The lowest BCUT2D eigenvalue weighted by atomic mass is 10.0. The lowest BCUT2D eigenvalue weighted by Gasteiger charge is -2.39. The number of hydrogen-bond acceptors (Lipinski definition) is 5. The van der Waals surface area contributed by atoms with E-state index in [4.69, 9.17) is 4.74 Å². The van der Waals surface area contributed by atoms with Crippen LogP contribution >= 0.6 is 0 Å². The van der Waals surface area contributed by atoms with Crippen LogP contribution in [0.4, 0.5) is 14.9 Å². The van der Waals surface area contributed by atoms with E-state index in [9.17, 15) is 14.3 Å². The number of ether oxygens (including phenoxy) is 1. The summed E-state index contributed by atoms with van der Waals surface area (Å²) in [6.45, 7) is 1.22. The highest BCUT2D eigenvalue weighted by molar-refractivity contribution is 5.70. The number of hydrogen-bond donors (Lipinski definition) is 1. The van der Waals surface area contributed by atoms with Gasteiger partial charge in [-0.05, 0) is 62.3 Å². The molecule has 7 heteroatoms. The summed E-state index contributed by atoms with van der Waals surface area (Å²) in [5.41, 5.74) is 2.20. The maximum Gasteiger partial charge on any atom is 0.410 e. The van der Waals surface area contributed by atoms with Gasteiger partial charge in [-0.3, -0.25) is 4.98 Å². The molecule has 2 aromatic rings. The average Bonchev–Trinajstić information content (AvgIpc) is 3.06. The van der Waals surface area contributed by atoms with Crippen molar-refractivity contribution in [3.63, 3.8) is 0 Å². The number of carbonyl (C=O) groups excluding carboxylic acids is 1. The Morgan fingerprint density at radius 1 is 1.13 bits per heavy atom. The molecule has 0 saturated carbocycles. The number of piperidine rings is 2. The van der Waals surface area contributed by atoms with Crippen LogP contribution in [-0.4, -0.2) is 58.5 Å². The number of amides is 1. The largest absolute Gasteiger partial charge is 0.444 e. The zero-order valence-electron chi connectivity index (χ0n) is 17.5. The molecule has 1 N–H and O–H groups in total. The van der Waals surface area contributed by atoms with E-state index in [-0.39, 0.29) is 36.2 Å². The van der Waals surface area contributed by atoms with Gasteiger partial charge in [0.1, 0.15) is 11.9 Å². The van der Waals surface area contributed by atoms with Crippen LogP contribution in [0.1, 0.15) is 38.5 Å². The Hall–Kier alpha value is -2.67. The fourth-order valence-corrected chi connectivity index (χ4v) is 5.38. The van der Waals surface area contributed by atoms with Crippen molar-refractivity contribution in [1.29, 1.82) is 0 Å². The van der Waals surface area contributed by atoms with Crippen LogP contribution < -0.4 is 4.90 Å². The molecule has 0 spiro atoms. The van der Waals surface area contributed by atoms with E-state index in [1.165, 1.54) is 0 Å². The molecule has 0 radical (unpaired) electrons. The molecular weight excluding hydrogens is 397 g/mol. The van der Waals surface area contributed by atoms with Crippen LogP contribution in [0.5, 0.6) is 0 Å². The molecule has 2 bridgehead atoms. The van der Waals surface area contributed by atoms with E-state index in [2.05, 4.69) is 4.98 Å². The summed E-state index contributed by atoms with van der Waals surface area (Å²) < 4.78 is 20.8. The Bertz CT molecular complexity index is 927. The summed E-state index contributed by atoms with van der Waals surface area (Å²) in [5, 5.41) is 9.97. The molecule has 1 aromatic carbocycles. The van der Waals surface area contributed by atoms with Gasteiger partial charge in [0.05, 0.1) is 18.3 Å². The number of aliphatic hydroxyl groups is 1. The van der Waals surface area contributed by atoms with Crippen molar-refractivity contribution >= 4 is 11.8 Å². The second kappa shape index (κ2) is 8.46. The summed E-state index contributed by atoms with van der Waals surface area (Å²) in [4.78, 5) is 20.8. The summed E-state index contributed by atoms with van der Waals surface area (Å²) >= 11 is 0. The molecule has 4 atom stereocenters. The maximum atomic E-state index is 14.9. The number of pyridine rings is 1. The molecule has 0 aliphatic carbocycles. The molecule has 31 heavy (non-hydrogen) atoms. The molecule has 3 fully saturated rings. The van der Waals surface area contributed by atoms with Gasteiger partial charge in [-0.15, -0.1) is 0 Å². The number of nitrogens with zero attached hydrogens (tertiary/aromatic N) is 3. The maximum absolute atomic E-state index is 14.9. The first-order valence-corrected chi connectivity index (χ1v) is 11.2. The first kappa shape index (κ1) is 20.2. The Morgan fingerprint density at radius 2 is 1.94 bits per heavy atom. The van der Waals surface area contributed by atoms with Gasteiger partial charge >= 0.3 is 6.09 Å². The van der Waals surface area contributed by atoms with Crippen molar-refractivity contribution < 1.29 is 19.0 Å². The van der Waals surface area contributed by atoms with E-state index in [0.717, 1.165) is 43.4 Å². The molecule has 4 heterocycles. The lowest BCUT2D eigenvalue weighted by Crippen LogP contribution is -2.50. The molecule has 3 aliphatic heterocycles. The van der Waals surface area contributed by atoms with Crippen LogP contribution in [0.2, 0.25) is 0 Å². The van der Waals surface area contributed by atoms with Gasteiger partial charge in [0.25, 0.3) is 0 Å². The van der Waals surface area contributed by atoms with E-state index in [1.54, 1.807) is 24.5 Å². The van der Waals surface area contributed by atoms with E-state index < -0.39 is 0 Å². The van der Waals surface area contributed by atoms with Crippen LogP contribution in [0.3, 0.4) is 0 Å². The minimum absolute atomic E-state index is 0.0819. The lowest BCUT2D eigenvalue weighted by molar-refractivity contribution is 0.00640. The first-order valence-electron chi connectivity index (χ1n) is 11.2. The minimum Gasteiger partial charge on any atom is -0.444 e. The number of aliphatic hydroxyl groups excluding tert-OH is 1. The smallest absolute Gasteiger partial charge is 0.410 e. The first-order chi connectivity index (χ1) is 15.1. The highest BCUT2D eigenvalue weighted by Gasteiger charge is 2.44. The Balaban J connectivity index is 1.25. The van der Waals surface area contributed by atoms with Crippen LogP contribution in [0, 0.1) is 5.82 Å². The van der Waals surface area contributed by atoms with Gasteiger partial charge in [-0.1, -0.05) is 12.1 Å². The molecule has 6 nitrogen and oxygen atoms in total. The second-order valence-corrected chi connectivity index (χ2v) is 8.92. The summed E-state index contributed by atoms with van der Waals surface area (Å²) in [6.07, 6.45) is 7.32. The van der Waals surface area contributed by atoms with E-state index in [0.29, 0.717) is 25.1 Å². The van der Waals surface area contributed by atoms with Gasteiger partial charge in [0.15, 0.2) is 0 Å². The topological polar surface area (TPSA) is 65.9 Å². The number of carbonyl (C=O) groups is 1. The fraction of sp³-hybridized carbons (Fsp3) is 0.500. The number of rotatable bonds is 3. The third kappa shape index (κ3) is 4.11. The van der Waals surface area contributed by atoms with Crippen molar-refractivity contribution in [2.75, 3.05) is 18.0 Å². The quantitative estimate of drug-likeness (QED) is 0.806. The van der Waals surface area contributed by atoms with Crippen molar-refractivity contribution in [1.82, 2.24) is 9.88 Å². The molecule has 1 amide bonds. The van der Waals surface area contributed by atoms with Gasteiger partial charge in [0.2, 0.25) is 0 Å². The van der Waals surface area contributed by atoms with Gasteiger partial charge in [-0.25, -0.2) is 9.18 Å². The zero-order chi connectivity index (χ0) is 21.4. The number of anilines is 1. The predicted octanol–water partition coefficient (Wildman–Crippen LogP) is 3.98. The number of aromatic nitrogens is 1. The van der Waals surface area contributed by atoms with Gasteiger partial charge in [0, 0.05) is 36.6 Å². The standard InChI is InChI=1S/C24H28FN3O3/c25-22-11-16(17-3-1-9-26-14-17)5-8-23(22)27-10-2-4-21(15-27)31-24(30)28-18-6-7-19(28)13-20(29)12-18/h1,3,5,8-9,11,14,18-21,29H,2,4,6-7,10,12-13,15H2/t18-,19?,20?,21?/m0/s1. The normalized spacial score (nSPS) is 27.9. The Kier molecular flexibility index (Phi) is 5.52. The third-order valence-corrected chi connectivity index (χ3v) is 6.85. The highest BCUT2D eigenvalue weighted by Crippen LogP contribution is 2.37. The van der Waals surface area contributed by atoms with Gasteiger partial charge in [-0.2, -0.15) is 0 Å². The number of fused-ring (bicyclic) bond motifs is 2. The third-order valence-electron chi connectivity index (χ3n) is 6.85. The molecule has 164 valence electrons. The Morgan fingerprint density at radius 3 is 2.65 bits per heavy atom. The van der Waals surface area contributed by atoms with E-state index >= 15 is 0 Å². The SMILES string of the molecule is O=C(OC1CCCN(c2ccc(-c3cccnc3)cc2F)C1)N1C2CC[C@H]1CC(O)C2. The minimum atomic E-state index is -0.315. The van der Waals surface area contributed by atoms with Crippen LogP contribution in [0.25, 0.3) is 11.1 Å². The summed E-state index contributed by atoms with van der Waals surface area (Å²) in [5.74, 6) is -0.281. The monoisotopic (exact) mass is 425 g/mol. The average molecular weight is 426 g/mol. The van der Waals surface area contributed by atoms with Crippen LogP contribution in [0.15, 0.2) is 42.7 Å². The zero-order valence-corrected chi connectivity index (χ0v) is 17.5. The number of benzene rings is 1. The molecule has 5 rings (SSSR count). The predicted molar refractivity (Wildman–Crippen MR) is 115 cm³/mol. The second-order valence-electron chi connectivity index (χ2n) is 8.92. The van der Waals surface area contributed by atoms with Crippen molar-refractivity contribution in [2.24, 2.45) is 0 Å². The fourth-order valence-electron chi connectivity index (χ4n) is 5.38. The van der Waals surface area contributed by atoms with Crippen molar-refractivity contribution in [3.05, 3.63) is 48.5 Å².